The lowest BCUT2D eigenvalue weighted by atomic mass is 10.0. The van der Waals surface area contributed by atoms with E-state index in [1.165, 1.54) is 18.2 Å². The standard InChI is InChI=1S/C28H27N3O4/c1-4-24(23-15-19(32)11-14-27(23)33)30-31-28(34)22-16-26(29-25-8-6-5-7-21(22)25)18-9-12-20(13-10-18)35-17(2)3/h5-17,32-33H,4H2,1-3H3,(H,31,34)/b30-24+. The monoisotopic (exact) mass is 469 g/mol. The predicted octanol–water partition coefficient (Wildman–Crippen LogP) is 5.64. The summed E-state index contributed by atoms with van der Waals surface area (Å²) in [7, 11) is 0. The second-order valence-electron chi connectivity index (χ2n) is 8.32. The van der Waals surface area contributed by atoms with Crippen LogP contribution in [0.5, 0.6) is 17.2 Å². The predicted molar refractivity (Wildman–Crippen MR) is 137 cm³/mol. The van der Waals surface area contributed by atoms with Crippen molar-refractivity contribution in [3.8, 4) is 28.5 Å². The van der Waals surface area contributed by atoms with Gasteiger partial charge in [-0.2, -0.15) is 5.10 Å². The van der Waals surface area contributed by atoms with Crippen LogP contribution in [0.3, 0.4) is 0 Å². The molecule has 4 rings (SSSR count). The maximum Gasteiger partial charge on any atom is 0.272 e. The molecule has 4 aromatic rings. The fraction of sp³-hybridized carbons (Fsp3) is 0.179. The summed E-state index contributed by atoms with van der Waals surface area (Å²) in [5.41, 5.74) is 6.01. The van der Waals surface area contributed by atoms with Crippen LogP contribution in [-0.2, 0) is 0 Å². The summed E-state index contributed by atoms with van der Waals surface area (Å²) in [6.45, 7) is 5.79. The second kappa shape index (κ2) is 10.3. The number of nitrogens with zero attached hydrogens (tertiary/aromatic N) is 2. The number of hydrazone groups is 1. The van der Waals surface area contributed by atoms with Crippen LogP contribution < -0.4 is 10.2 Å². The number of ether oxygens (including phenoxy) is 1. The molecule has 35 heavy (non-hydrogen) atoms. The van der Waals surface area contributed by atoms with E-state index in [4.69, 9.17) is 9.72 Å². The first kappa shape index (κ1) is 23.8. The molecule has 178 valence electrons. The average Bonchev–Trinajstić information content (AvgIpc) is 2.85. The number of nitrogens with one attached hydrogen (secondary N) is 1. The summed E-state index contributed by atoms with van der Waals surface area (Å²) in [5.74, 6) is 0.327. The van der Waals surface area contributed by atoms with Gasteiger partial charge in [0.2, 0.25) is 0 Å². The first-order valence-corrected chi connectivity index (χ1v) is 11.4. The molecular formula is C28H27N3O4. The van der Waals surface area contributed by atoms with E-state index < -0.39 is 5.91 Å². The lowest BCUT2D eigenvalue weighted by molar-refractivity contribution is 0.0956. The number of rotatable bonds is 7. The van der Waals surface area contributed by atoms with Crippen LogP contribution >= 0.6 is 0 Å². The Morgan fingerprint density at radius 3 is 2.46 bits per heavy atom. The van der Waals surface area contributed by atoms with Crippen LogP contribution in [0.1, 0.15) is 43.1 Å². The third kappa shape index (κ3) is 5.41. The van der Waals surface area contributed by atoms with Gasteiger partial charge in [-0.15, -0.1) is 0 Å². The molecule has 0 bridgehead atoms. The maximum absolute atomic E-state index is 13.2. The van der Waals surface area contributed by atoms with E-state index in [2.05, 4.69) is 10.5 Å². The molecule has 7 nitrogen and oxygen atoms in total. The number of hydrogen-bond acceptors (Lipinski definition) is 6. The minimum absolute atomic E-state index is 0.000131. The molecule has 0 aliphatic rings. The summed E-state index contributed by atoms with van der Waals surface area (Å²) in [6.07, 6.45) is 0.509. The molecular weight excluding hydrogens is 442 g/mol. The lowest BCUT2D eigenvalue weighted by Crippen LogP contribution is -2.20. The molecule has 0 fully saturated rings. The molecule has 1 heterocycles. The van der Waals surface area contributed by atoms with Crippen molar-refractivity contribution in [1.29, 1.82) is 0 Å². The van der Waals surface area contributed by atoms with Gasteiger partial charge >= 0.3 is 0 Å². The average molecular weight is 470 g/mol. The molecule has 0 unspecified atom stereocenters. The zero-order valence-corrected chi connectivity index (χ0v) is 19.8. The number of hydrogen-bond donors (Lipinski definition) is 3. The van der Waals surface area contributed by atoms with E-state index >= 15 is 0 Å². The van der Waals surface area contributed by atoms with Crippen molar-refractivity contribution < 1.29 is 19.7 Å². The van der Waals surface area contributed by atoms with Gasteiger partial charge in [0.05, 0.1) is 28.6 Å². The van der Waals surface area contributed by atoms with Crippen molar-refractivity contribution in [3.63, 3.8) is 0 Å². The number of carbonyl (C=O) groups excluding carboxylic acids is 1. The van der Waals surface area contributed by atoms with Crippen molar-refractivity contribution in [2.45, 2.75) is 33.3 Å². The van der Waals surface area contributed by atoms with E-state index in [-0.39, 0.29) is 17.6 Å². The molecule has 7 heteroatoms. The Hall–Kier alpha value is -4.39. The first-order chi connectivity index (χ1) is 16.9. The van der Waals surface area contributed by atoms with E-state index in [0.29, 0.717) is 39.9 Å². The molecule has 0 aliphatic heterocycles. The van der Waals surface area contributed by atoms with Crippen LogP contribution in [0.4, 0.5) is 0 Å². The molecule has 0 atom stereocenters. The van der Waals surface area contributed by atoms with E-state index in [1.54, 1.807) is 6.07 Å². The van der Waals surface area contributed by atoms with Gasteiger partial charge in [-0.3, -0.25) is 4.79 Å². The van der Waals surface area contributed by atoms with E-state index in [1.807, 2.05) is 69.3 Å². The van der Waals surface area contributed by atoms with Gasteiger partial charge in [-0.25, -0.2) is 10.4 Å². The topological polar surface area (TPSA) is 104 Å². The van der Waals surface area contributed by atoms with Crippen LogP contribution in [0.15, 0.2) is 77.9 Å². The van der Waals surface area contributed by atoms with Gasteiger partial charge in [-0.1, -0.05) is 25.1 Å². The third-order valence-corrected chi connectivity index (χ3v) is 5.40. The number of carbonyl (C=O) groups is 1. The Morgan fingerprint density at radius 1 is 1.00 bits per heavy atom. The molecule has 0 saturated carbocycles. The van der Waals surface area contributed by atoms with Gasteiger partial charge in [0.25, 0.3) is 5.91 Å². The highest BCUT2D eigenvalue weighted by Gasteiger charge is 2.15. The Balaban J connectivity index is 1.69. The van der Waals surface area contributed by atoms with E-state index in [0.717, 1.165) is 11.3 Å². The quantitative estimate of drug-likeness (QED) is 0.184. The minimum Gasteiger partial charge on any atom is -0.508 e. The summed E-state index contributed by atoms with van der Waals surface area (Å²) in [5, 5.41) is 24.9. The number of para-hydroxylation sites is 1. The van der Waals surface area contributed by atoms with Crippen LogP contribution in [0, 0.1) is 0 Å². The largest absolute Gasteiger partial charge is 0.508 e. The van der Waals surface area contributed by atoms with Crippen molar-refractivity contribution in [2.75, 3.05) is 0 Å². The Labute approximate surface area is 203 Å². The number of phenols is 2. The highest BCUT2D eigenvalue weighted by atomic mass is 16.5. The molecule has 0 spiro atoms. The zero-order valence-electron chi connectivity index (χ0n) is 19.8. The number of pyridine rings is 1. The van der Waals surface area contributed by atoms with Crippen LogP contribution in [0.2, 0.25) is 0 Å². The Bertz CT molecular complexity index is 1400. The number of fused-ring (bicyclic) bond motifs is 1. The summed E-state index contributed by atoms with van der Waals surface area (Å²) < 4.78 is 5.72. The minimum atomic E-state index is -0.407. The fourth-order valence-electron chi connectivity index (χ4n) is 3.75. The van der Waals surface area contributed by atoms with E-state index in [9.17, 15) is 15.0 Å². The third-order valence-electron chi connectivity index (χ3n) is 5.40. The Kier molecular flexibility index (Phi) is 6.96. The smallest absolute Gasteiger partial charge is 0.272 e. The first-order valence-electron chi connectivity index (χ1n) is 11.4. The molecule has 0 saturated heterocycles. The molecule has 1 amide bonds. The van der Waals surface area contributed by atoms with Crippen molar-refractivity contribution in [1.82, 2.24) is 10.4 Å². The van der Waals surface area contributed by atoms with Crippen LogP contribution in [0.25, 0.3) is 22.2 Å². The van der Waals surface area contributed by atoms with Gasteiger partial charge < -0.3 is 14.9 Å². The number of aromatic nitrogens is 1. The fourth-order valence-corrected chi connectivity index (χ4v) is 3.75. The highest BCUT2D eigenvalue weighted by Crippen LogP contribution is 2.27. The highest BCUT2D eigenvalue weighted by molar-refractivity contribution is 6.08. The van der Waals surface area contributed by atoms with Crippen LogP contribution in [-0.4, -0.2) is 32.9 Å². The Morgan fingerprint density at radius 2 is 1.74 bits per heavy atom. The number of benzene rings is 3. The van der Waals surface area contributed by atoms with Gasteiger partial charge in [-0.05, 0) is 74.9 Å². The number of aromatic hydroxyl groups is 2. The summed E-state index contributed by atoms with van der Waals surface area (Å²) in [4.78, 5) is 18.0. The molecule has 3 N–H and O–H groups in total. The maximum atomic E-state index is 13.2. The number of amides is 1. The normalized spacial score (nSPS) is 11.6. The molecule has 1 aromatic heterocycles. The van der Waals surface area contributed by atoms with Crippen molar-refractivity contribution in [3.05, 3.63) is 83.9 Å². The van der Waals surface area contributed by atoms with Crippen molar-refractivity contribution in [2.24, 2.45) is 5.10 Å². The van der Waals surface area contributed by atoms with Gasteiger partial charge in [0.1, 0.15) is 17.2 Å². The zero-order chi connectivity index (χ0) is 24.9. The SMILES string of the molecule is CC/C(=N\NC(=O)c1cc(-c2ccc(OC(C)C)cc2)nc2ccccc12)c1cc(O)ccc1O. The van der Waals surface area contributed by atoms with Crippen molar-refractivity contribution >= 4 is 22.5 Å². The molecule has 0 radical (unpaired) electrons. The van der Waals surface area contributed by atoms with Gasteiger partial charge in [0, 0.05) is 16.5 Å². The number of phenolic OH excluding ortho intramolecular Hbond substituents is 2. The lowest BCUT2D eigenvalue weighted by Gasteiger charge is -2.12. The molecule has 0 aliphatic carbocycles. The van der Waals surface area contributed by atoms with Gasteiger partial charge in [0.15, 0.2) is 0 Å². The molecule has 3 aromatic carbocycles. The summed E-state index contributed by atoms with van der Waals surface area (Å²) in [6, 6.07) is 20.9. The summed E-state index contributed by atoms with van der Waals surface area (Å²) >= 11 is 0. The second-order valence-corrected chi connectivity index (χ2v) is 8.32.